The van der Waals surface area contributed by atoms with Crippen molar-refractivity contribution in [3.63, 3.8) is 0 Å². The number of rotatable bonds is 6. The van der Waals surface area contributed by atoms with Crippen LogP contribution < -0.4 is 0 Å². The van der Waals surface area contributed by atoms with E-state index in [-0.39, 0.29) is 17.9 Å². The molecular weight excluding hydrogens is 290 g/mol. The molecule has 1 aliphatic carbocycles. The van der Waals surface area contributed by atoms with Gasteiger partial charge < -0.3 is 9.47 Å². The molecule has 1 aromatic heterocycles. The van der Waals surface area contributed by atoms with E-state index in [1.54, 1.807) is 26.2 Å². The minimum absolute atomic E-state index is 0.228. The molecule has 0 bridgehead atoms. The van der Waals surface area contributed by atoms with Gasteiger partial charge in [-0.3, -0.25) is 14.6 Å². The van der Waals surface area contributed by atoms with E-state index in [9.17, 15) is 9.59 Å². The Kier molecular flexibility index (Phi) is 4.88. The molecule has 1 saturated carbocycles. The highest BCUT2D eigenvalue weighted by Crippen LogP contribution is 2.65. The van der Waals surface area contributed by atoms with Crippen LogP contribution in [0.2, 0.25) is 0 Å². The average molecular weight is 309 g/mol. The van der Waals surface area contributed by atoms with Crippen molar-refractivity contribution in [3.8, 4) is 0 Å². The third kappa shape index (κ3) is 2.64. The van der Waals surface area contributed by atoms with Gasteiger partial charge in [-0.05, 0) is 37.8 Å². The van der Waals surface area contributed by atoms with Gasteiger partial charge in [-0.2, -0.15) is 0 Å². The number of pyridine rings is 1. The van der Waals surface area contributed by atoms with E-state index >= 15 is 0 Å². The molecule has 0 radical (unpaired) electrons. The predicted octanol–water partition coefficient (Wildman–Crippen LogP) is 2.02. The maximum Gasteiger partial charge on any atom is 0.323 e. The largest absolute Gasteiger partial charge is 0.466 e. The lowest BCUT2D eigenvalue weighted by atomic mass is 10.1. The van der Waals surface area contributed by atoms with Gasteiger partial charge in [-0.15, -0.1) is 11.8 Å². The SMILES string of the molecule is CCOC(=O)[C@@H]1[C@@H](c2ccncc2)[C@@]1(SC)C(=O)OCC. The van der Waals surface area contributed by atoms with Gasteiger partial charge >= 0.3 is 11.9 Å². The van der Waals surface area contributed by atoms with Crippen LogP contribution in [-0.4, -0.2) is 41.1 Å². The topological polar surface area (TPSA) is 65.5 Å². The summed E-state index contributed by atoms with van der Waals surface area (Å²) >= 11 is 1.36. The molecule has 1 heterocycles. The minimum atomic E-state index is -0.885. The third-order valence-corrected chi connectivity index (χ3v) is 5.04. The molecule has 5 nitrogen and oxygen atoms in total. The van der Waals surface area contributed by atoms with Crippen LogP contribution in [0, 0.1) is 5.92 Å². The summed E-state index contributed by atoms with van der Waals surface area (Å²) < 4.78 is 9.43. The molecule has 1 fully saturated rings. The molecule has 0 amide bonds. The smallest absolute Gasteiger partial charge is 0.323 e. The molecule has 3 atom stereocenters. The molecule has 1 aromatic rings. The first kappa shape index (κ1) is 15.8. The zero-order valence-electron chi connectivity index (χ0n) is 12.4. The number of thioether (sulfide) groups is 1. The number of aromatic nitrogens is 1. The second-order valence-corrected chi connectivity index (χ2v) is 5.79. The lowest BCUT2D eigenvalue weighted by molar-refractivity contribution is -0.149. The molecule has 0 unspecified atom stereocenters. The fraction of sp³-hybridized carbons (Fsp3) is 0.533. The van der Waals surface area contributed by atoms with Gasteiger partial charge in [0.1, 0.15) is 4.75 Å². The van der Waals surface area contributed by atoms with Crippen LogP contribution in [0.5, 0.6) is 0 Å². The van der Waals surface area contributed by atoms with Crippen LogP contribution in [0.15, 0.2) is 24.5 Å². The summed E-state index contributed by atoms with van der Waals surface area (Å²) in [5, 5.41) is 0. The van der Waals surface area contributed by atoms with Gasteiger partial charge in [0.25, 0.3) is 0 Å². The molecular formula is C15H19NO4S. The molecule has 2 rings (SSSR count). The van der Waals surface area contributed by atoms with E-state index in [0.29, 0.717) is 13.2 Å². The van der Waals surface area contributed by atoms with Crippen LogP contribution in [0.3, 0.4) is 0 Å². The zero-order chi connectivity index (χ0) is 15.5. The Balaban J connectivity index is 2.35. The Bertz CT molecular complexity index is 522. The highest BCUT2D eigenvalue weighted by Gasteiger charge is 2.74. The van der Waals surface area contributed by atoms with Crippen LogP contribution in [0.25, 0.3) is 0 Å². The summed E-state index contributed by atoms with van der Waals surface area (Å²) in [6.07, 6.45) is 5.14. The molecule has 6 heteroatoms. The van der Waals surface area contributed by atoms with Crippen molar-refractivity contribution >= 4 is 23.7 Å². The number of ether oxygens (including phenoxy) is 2. The standard InChI is InChI=1S/C15H19NO4S/c1-4-19-13(17)12-11(10-6-8-16-9-7-10)15(12,21-3)14(18)20-5-2/h6-9,11-12H,4-5H2,1-3H3/t11-,12+,15+/m1/s1. The number of esters is 2. The molecule has 0 aromatic carbocycles. The van der Waals surface area contributed by atoms with Gasteiger partial charge in [0.05, 0.1) is 19.1 Å². The second kappa shape index (κ2) is 6.47. The Morgan fingerprint density at radius 2 is 1.86 bits per heavy atom. The highest BCUT2D eigenvalue weighted by molar-refractivity contribution is 8.01. The number of hydrogen-bond acceptors (Lipinski definition) is 6. The van der Waals surface area contributed by atoms with Gasteiger partial charge in [0, 0.05) is 18.3 Å². The van der Waals surface area contributed by atoms with Crippen molar-refractivity contribution in [2.24, 2.45) is 5.92 Å². The van der Waals surface area contributed by atoms with E-state index in [1.807, 2.05) is 18.4 Å². The Morgan fingerprint density at radius 3 is 2.38 bits per heavy atom. The van der Waals surface area contributed by atoms with E-state index in [0.717, 1.165) is 5.56 Å². The summed E-state index contributed by atoms with van der Waals surface area (Å²) in [5.41, 5.74) is 0.908. The first-order chi connectivity index (χ1) is 10.1. The number of nitrogens with zero attached hydrogens (tertiary/aromatic N) is 1. The maximum atomic E-state index is 12.4. The summed E-state index contributed by atoms with van der Waals surface area (Å²) in [6.45, 7) is 4.10. The van der Waals surface area contributed by atoms with Crippen molar-refractivity contribution in [3.05, 3.63) is 30.1 Å². The van der Waals surface area contributed by atoms with E-state index in [4.69, 9.17) is 9.47 Å². The van der Waals surface area contributed by atoms with Crippen molar-refractivity contribution in [2.45, 2.75) is 24.5 Å². The first-order valence-corrected chi connectivity index (χ1v) is 8.14. The van der Waals surface area contributed by atoms with Gasteiger partial charge in [-0.25, -0.2) is 0 Å². The monoisotopic (exact) mass is 309 g/mol. The molecule has 21 heavy (non-hydrogen) atoms. The van der Waals surface area contributed by atoms with Crippen LogP contribution in [-0.2, 0) is 19.1 Å². The second-order valence-electron chi connectivity index (χ2n) is 4.71. The van der Waals surface area contributed by atoms with Crippen molar-refractivity contribution in [2.75, 3.05) is 19.5 Å². The molecule has 114 valence electrons. The van der Waals surface area contributed by atoms with Crippen molar-refractivity contribution in [1.29, 1.82) is 0 Å². The fourth-order valence-electron chi connectivity index (χ4n) is 2.75. The normalized spacial score (nSPS) is 27.0. The van der Waals surface area contributed by atoms with E-state index in [1.165, 1.54) is 11.8 Å². The van der Waals surface area contributed by atoms with E-state index < -0.39 is 10.7 Å². The maximum absolute atomic E-state index is 12.4. The zero-order valence-corrected chi connectivity index (χ0v) is 13.2. The quantitative estimate of drug-likeness (QED) is 0.749. The van der Waals surface area contributed by atoms with Gasteiger partial charge in [0.2, 0.25) is 0 Å². The third-order valence-electron chi connectivity index (χ3n) is 3.69. The molecule has 0 saturated heterocycles. The predicted molar refractivity (Wildman–Crippen MR) is 80.0 cm³/mol. The fourth-order valence-corrected chi connectivity index (χ4v) is 3.92. The van der Waals surface area contributed by atoms with Crippen molar-refractivity contribution < 1.29 is 19.1 Å². The summed E-state index contributed by atoms with van der Waals surface area (Å²) in [4.78, 5) is 28.6. The lowest BCUT2D eigenvalue weighted by Gasteiger charge is -2.13. The number of carbonyl (C=O) groups is 2. The number of carbonyl (C=O) groups excluding carboxylic acids is 2. The first-order valence-electron chi connectivity index (χ1n) is 6.92. The van der Waals surface area contributed by atoms with Gasteiger partial charge in [-0.1, -0.05) is 0 Å². The molecule has 1 aliphatic rings. The molecule has 0 aliphatic heterocycles. The highest BCUT2D eigenvalue weighted by atomic mass is 32.2. The number of hydrogen-bond donors (Lipinski definition) is 0. The van der Waals surface area contributed by atoms with E-state index in [2.05, 4.69) is 4.98 Å². The summed E-state index contributed by atoms with van der Waals surface area (Å²) in [6, 6.07) is 3.65. The van der Waals surface area contributed by atoms with Crippen LogP contribution in [0.1, 0.15) is 25.3 Å². The summed E-state index contributed by atoms with van der Waals surface area (Å²) in [5.74, 6) is -1.43. The minimum Gasteiger partial charge on any atom is -0.466 e. The Labute approximate surface area is 128 Å². The van der Waals surface area contributed by atoms with Crippen LogP contribution in [0.4, 0.5) is 0 Å². The Hall–Kier alpha value is -1.56. The molecule has 0 N–H and O–H groups in total. The van der Waals surface area contributed by atoms with Crippen molar-refractivity contribution in [1.82, 2.24) is 4.98 Å². The summed E-state index contributed by atoms with van der Waals surface area (Å²) in [7, 11) is 0. The molecule has 0 spiro atoms. The van der Waals surface area contributed by atoms with Gasteiger partial charge in [0.15, 0.2) is 0 Å². The Morgan fingerprint density at radius 1 is 1.24 bits per heavy atom. The lowest BCUT2D eigenvalue weighted by Crippen LogP contribution is -2.28. The van der Waals surface area contributed by atoms with Crippen LogP contribution >= 0.6 is 11.8 Å². The average Bonchev–Trinajstić information content (AvgIpc) is 3.19.